The minimum absolute atomic E-state index is 0.236. The van der Waals surface area contributed by atoms with Crippen molar-refractivity contribution in [3.05, 3.63) is 60.0 Å². The summed E-state index contributed by atoms with van der Waals surface area (Å²) in [5.74, 6) is -1.09. The molecular weight excluding hydrogens is 388 g/mol. The SMILES string of the molecule is C[C@H]1CCc2sc(NC(=O)c3cc([N+](=O)[O-])cc([N+](=O)[O-])c3)c(C(N)=O)c2C1. The average molecular weight is 404 g/mol. The molecular formula is C17H16N4O6S. The highest BCUT2D eigenvalue weighted by atomic mass is 32.1. The van der Waals surface area contributed by atoms with Crippen LogP contribution in [-0.4, -0.2) is 21.7 Å². The Labute approximate surface area is 162 Å². The number of benzene rings is 1. The van der Waals surface area contributed by atoms with E-state index < -0.39 is 33.0 Å². The van der Waals surface area contributed by atoms with Crippen LogP contribution in [0, 0.1) is 26.1 Å². The van der Waals surface area contributed by atoms with Gasteiger partial charge in [-0.3, -0.25) is 29.8 Å². The number of non-ortho nitro benzene ring substituents is 2. The number of anilines is 1. The first-order valence-corrected chi connectivity index (χ1v) is 9.18. The minimum Gasteiger partial charge on any atom is -0.365 e. The fourth-order valence-corrected chi connectivity index (χ4v) is 4.46. The van der Waals surface area contributed by atoms with Crippen molar-refractivity contribution < 1.29 is 19.4 Å². The molecule has 0 spiro atoms. The molecule has 1 aliphatic rings. The molecule has 0 aliphatic heterocycles. The van der Waals surface area contributed by atoms with E-state index in [9.17, 15) is 29.8 Å². The number of nitro benzene ring substituents is 2. The molecule has 1 aromatic heterocycles. The number of hydrogen-bond acceptors (Lipinski definition) is 7. The van der Waals surface area contributed by atoms with Gasteiger partial charge in [0.2, 0.25) is 0 Å². The standard InChI is InChI=1S/C17H16N4O6S/c1-8-2-3-13-12(4-8)14(15(18)22)17(28-13)19-16(23)9-5-10(20(24)25)7-11(6-9)21(26)27/h5-8H,2-4H2,1H3,(H2,18,22)(H,19,23)/t8-/m0/s1. The minimum atomic E-state index is -0.816. The number of nitrogens with one attached hydrogen (secondary N) is 1. The van der Waals surface area contributed by atoms with E-state index in [1.54, 1.807) is 0 Å². The zero-order chi connectivity index (χ0) is 20.6. The van der Waals surface area contributed by atoms with Gasteiger partial charge in [0.1, 0.15) is 5.00 Å². The van der Waals surface area contributed by atoms with E-state index in [0.29, 0.717) is 12.3 Å². The normalized spacial score (nSPS) is 15.5. The van der Waals surface area contributed by atoms with Crippen molar-refractivity contribution in [2.45, 2.75) is 26.2 Å². The van der Waals surface area contributed by atoms with Gasteiger partial charge in [0.25, 0.3) is 23.2 Å². The molecule has 2 amide bonds. The Morgan fingerprint density at radius 2 is 1.79 bits per heavy atom. The van der Waals surface area contributed by atoms with Crippen LogP contribution in [0.1, 0.15) is 44.5 Å². The van der Waals surface area contributed by atoms with Gasteiger partial charge in [-0.25, -0.2) is 0 Å². The van der Waals surface area contributed by atoms with Gasteiger partial charge in [-0.1, -0.05) is 6.92 Å². The van der Waals surface area contributed by atoms with E-state index in [1.165, 1.54) is 11.3 Å². The predicted octanol–water partition coefficient (Wildman–Crippen LogP) is 3.04. The van der Waals surface area contributed by atoms with Crippen molar-refractivity contribution in [2.24, 2.45) is 11.7 Å². The highest BCUT2D eigenvalue weighted by Gasteiger charge is 2.28. The largest absolute Gasteiger partial charge is 0.365 e. The molecule has 0 bridgehead atoms. The highest BCUT2D eigenvalue weighted by Crippen LogP contribution is 2.39. The van der Waals surface area contributed by atoms with E-state index in [-0.39, 0.29) is 16.1 Å². The second kappa shape index (κ2) is 7.35. The molecule has 11 heteroatoms. The van der Waals surface area contributed by atoms with E-state index in [0.717, 1.165) is 41.5 Å². The van der Waals surface area contributed by atoms with Gasteiger partial charge in [-0.05, 0) is 30.7 Å². The molecule has 10 nitrogen and oxygen atoms in total. The number of amides is 2. The summed E-state index contributed by atoms with van der Waals surface area (Å²) < 4.78 is 0. The van der Waals surface area contributed by atoms with E-state index >= 15 is 0 Å². The van der Waals surface area contributed by atoms with Crippen LogP contribution in [-0.2, 0) is 12.8 Å². The molecule has 1 heterocycles. The van der Waals surface area contributed by atoms with Gasteiger partial charge in [-0.15, -0.1) is 11.3 Å². The maximum atomic E-state index is 12.6. The summed E-state index contributed by atoms with van der Waals surface area (Å²) in [4.78, 5) is 45.9. The summed E-state index contributed by atoms with van der Waals surface area (Å²) in [6, 6.07) is 2.67. The molecule has 3 N–H and O–H groups in total. The zero-order valence-corrected chi connectivity index (χ0v) is 15.6. The summed E-state index contributed by atoms with van der Waals surface area (Å²) >= 11 is 1.24. The second-order valence-corrected chi connectivity index (χ2v) is 7.73. The van der Waals surface area contributed by atoms with E-state index in [4.69, 9.17) is 5.73 Å². The number of nitrogens with two attached hydrogens (primary N) is 1. The van der Waals surface area contributed by atoms with Crippen molar-refractivity contribution in [1.29, 1.82) is 0 Å². The maximum absolute atomic E-state index is 12.6. The van der Waals surface area contributed by atoms with Crippen LogP contribution in [0.3, 0.4) is 0 Å². The average Bonchev–Trinajstić information content (AvgIpc) is 2.98. The third kappa shape index (κ3) is 3.69. The van der Waals surface area contributed by atoms with Crippen molar-refractivity contribution in [3.63, 3.8) is 0 Å². The van der Waals surface area contributed by atoms with Gasteiger partial charge in [-0.2, -0.15) is 0 Å². The molecule has 0 radical (unpaired) electrons. The molecule has 0 unspecified atom stereocenters. The highest BCUT2D eigenvalue weighted by molar-refractivity contribution is 7.17. The number of carbonyl (C=O) groups is 2. The fraction of sp³-hybridized carbons (Fsp3) is 0.294. The summed E-state index contributed by atoms with van der Waals surface area (Å²) in [6.45, 7) is 2.06. The zero-order valence-electron chi connectivity index (χ0n) is 14.8. The lowest BCUT2D eigenvalue weighted by atomic mass is 9.87. The molecule has 0 saturated carbocycles. The van der Waals surface area contributed by atoms with Gasteiger partial charge >= 0.3 is 0 Å². The molecule has 3 rings (SSSR count). The Morgan fingerprint density at radius 3 is 2.32 bits per heavy atom. The summed E-state index contributed by atoms with van der Waals surface area (Å²) in [5, 5.41) is 24.8. The number of primary amides is 1. The lowest BCUT2D eigenvalue weighted by Gasteiger charge is -2.18. The molecule has 146 valence electrons. The van der Waals surface area contributed by atoms with E-state index in [1.807, 2.05) is 0 Å². The van der Waals surface area contributed by atoms with Gasteiger partial charge in [0.15, 0.2) is 0 Å². The van der Waals surface area contributed by atoms with Crippen LogP contribution in [0.2, 0.25) is 0 Å². The number of fused-ring (bicyclic) bond motifs is 1. The van der Waals surface area contributed by atoms with Crippen LogP contribution >= 0.6 is 11.3 Å². The smallest absolute Gasteiger partial charge is 0.277 e. The molecule has 1 aliphatic carbocycles. The predicted molar refractivity (Wildman–Crippen MR) is 102 cm³/mol. The Hall–Kier alpha value is -3.34. The Balaban J connectivity index is 1.99. The van der Waals surface area contributed by atoms with Crippen molar-refractivity contribution in [2.75, 3.05) is 5.32 Å². The number of rotatable bonds is 5. The number of nitrogens with zero attached hydrogens (tertiary/aromatic N) is 2. The van der Waals surface area contributed by atoms with Crippen molar-refractivity contribution in [3.8, 4) is 0 Å². The first-order chi connectivity index (χ1) is 13.2. The van der Waals surface area contributed by atoms with Crippen LogP contribution < -0.4 is 11.1 Å². The molecule has 28 heavy (non-hydrogen) atoms. The third-order valence-electron chi connectivity index (χ3n) is 4.57. The lowest BCUT2D eigenvalue weighted by Crippen LogP contribution is -2.20. The van der Waals surface area contributed by atoms with Gasteiger partial charge in [0.05, 0.1) is 27.0 Å². The van der Waals surface area contributed by atoms with Crippen LogP contribution in [0.15, 0.2) is 18.2 Å². The second-order valence-electron chi connectivity index (χ2n) is 6.63. The maximum Gasteiger partial charge on any atom is 0.277 e. The first-order valence-electron chi connectivity index (χ1n) is 8.37. The monoisotopic (exact) mass is 404 g/mol. The van der Waals surface area contributed by atoms with E-state index in [2.05, 4.69) is 12.2 Å². The molecule has 0 saturated heterocycles. The fourth-order valence-electron chi connectivity index (χ4n) is 3.22. The Kier molecular flexibility index (Phi) is 5.10. The number of carbonyl (C=O) groups excluding carboxylic acids is 2. The van der Waals surface area contributed by atoms with Gasteiger partial charge < -0.3 is 11.1 Å². The summed E-state index contributed by atoms with van der Waals surface area (Å²) in [6.07, 6.45) is 2.39. The Bertz CT molecular complexity index is 983. The molecule has 1 aromatic carbocycles. The van der Waals surface area contributed by atoms with Crippen molar-refractivity contribution in [1.82, 2.24) is 0 Å². The van der Waals surface area contributed by atoms with Crippen LogP contribution in [0.25, 0.3) is 0 Å². The van der Waals surface area contributed by atoms with Crippen LogP contribution in [0.4, 0.5) is 16.4 Å². The molecule has 1 atom stereocenters. The third-order valence-corrected chi connectivity index (χ3v) is 5.77. The number of aryl methyl sites for hydroxylation is 1. The summed E-state index contributed by atoms with van der Waals surface area (Å²) in [5.41, 5.74) is 5.16. The number of thiophene rings is 1. The van der Waals surface area contributed by atoms with Gasteiger partial charge in [0, 0.05) is 17.0 Å². The first kappa shape index (κ1) is 19.4. The quantitative estimate of drug-likeness (QED) is 0.575. The molecule has 0 fully saturated rings. The summed E-state index contributed by atoms with van der Waals surface area (Å²) in [7, 11) is 0. The molecule has 2 aromatic rings. The topological polar surface area (TPSA) is 158 Å². The Morgan fingerprint density at radius 1 is 1.18 bits per heavy atom. The van der Waals surface area contributed by atoms with Crippen molar-refractivity contribution >= 4 is 39.5 Å². The number of nitro groups is 2. The number of hydrogen-bond donors (Lipinski definition) is 2. The van der Waals surface area contributed by atoms with Crippen LogP contribution in [0.5, 0.6) is 0 Å². The lowest BCUT2D eigenvalue weighted by molar-refractivity contribution is -0.394.